The van der Waals surface area contributed by atoms with Crippen molar-refractivity contribution in [3.8, 4) is 11.8 Å². The van der Waals surface area contributed by atoms with Crippen LogP contribution in [0.1, 0.15) is 16.7 Å². The van der Waals surface area contributed by atoms with E-state index in [1.165, 1.54) is 31.4 Å². The number of aryl methyl sites for hydroxylation is 2. The van der Waals surface area contributed by atoms with Gasteiger partial charge in [-0.05, 0) is 54.8 Å². The molecule has 0 saturated carbocycles. The zero-order valence-corrected chi connectivity index (χ0v) is 14.6. The van der Waals surface area contributed by atoms with Gasteiger partial charge in [-0.3, -0.25) is 14.9 Å². The maximum atomic E-state index is 12.4. The van der Waals surface area contributed by atoms with Crippen molar-refractivity contribution < 1.29 is 14.5 Å². The molecular formula is C19H17N3O4. The Bertz CT molecular complexity index is 922. The van der Waals surface area contributed by atoms with Crippen molar-refractivity contribution in [1.29, 1.82) is 5.26 Å². The SMILES string of the molecule is COc1ccc(C=C(C#N)C(=O)Nc2cc(C)cc(C)c2)cc1[N+](=O)[O-]. The number of hydrogen-bond donors (Lipinski definition) is 1. The van der Waals surface area contributed by atoms with Crippen LogP contribution in [-0.4, -0.2) is 17.9 Å². The van der Waals surface area contributed by atoms with E-state index >= 15 is 0 Å². The van der Waals surface area contributed by atoms with Gasteiger partial charge in [0.05, 0.1) is 12.0 Å². The first-order valence-corrected chi connectivity index (χ1v) is 7.68. The number of hydrogen-bond acceptors (Lipinski definition) is 5. The number of nitro benzene ring substituents is 1. The summed E-state index contributed by atoms with van der Waals surface area (Å²) in [4.78, 5) is 22.9. The third kappa shape index (κ3) is 4.45. The molecule has 0 aliphatic rings. The fraction of sp³-hybridized carbons (Fsp3) is 0.158. The van der Waals surface area contributed by atoms with Gasteiger partial charge in [-0.15, -0.1) is 0 Å². The lowest BCUT2D eigenvalue weighted by molar-refractivity contribution is -0.385. The highest BCUT2D eigenvalue weighted by molar-refractivity contribution is 6.09. The van der Waals surface area contributed by atoms with E-state index in [1.807, 2.05) is 26.0 Å². The van der Waals surface area contributed by atoms with Gasteiger partial charge in [-0.1, -0.05) is 12.1 Å². The number of anilines is 1. The number of rotatable bonds is 5. The Kier molecular flexibility index (Phi) is 5.71. The van der Waals surface area contributed by atoms with Crippen LogP contribution in [0.5, 0.6) is 5.75 Å². The lowest BCUT2D eigenvalue weighted by Gasteiger charge is -2.07. The second-order valence-corrected chi connectivity index (χ2v) is 5.69. The molecule has 7 heteroatoms. The molecule has 0 aliphatic heterocycles. The van der Waals surface area contributed by atoms with Gasteiger partial charge in [0.1, 0.15) is 11.6 Å². The fourth-order valence-electron chi connectivity index (χ4n) is 2.50. The largest absolute Gasteiger partial charge is 0.490 e. The van der Waals surface area contributed by atoms with E-state index in [-0.39, 0.29) is 17.0 Å². The molecule has 0 aliphatic carbocycles. The normalized spacial score (nSPS) is 10.8. The lowest BCUT2D eigenvalue weighted by atomic mass is 10.1. The van der Waals surface area contributed by atoms with E-state index in [2.05, 4.69) is 5.32 Å². The maximum absolute atomic E-state index is 12.4. The Hall–Kier alpha value is -3.66. The van der Waals surface area contributed by atoms with Crippen LogP contribution < -0.4 is 10.1 Å². The minimum Gasteiger partial charge on any atom is -0.490 e. The van der Waals surface area contributed by atoms with Crippen molar-refractivity contribution in [2.24, 2.45) is 0 Å². The van der Waals surface area contributed by atoms with Gasteiger partial charge in [0.25, 0.3) is 5.91 Å². The number of nitrogens with zero attached hydrogens (tertiary/aromatic N) is 2. The molecule has 0 aromatic heterocycles. The lowest BCUT2D eigenvalue weighted by Crippen LogP contribution is -2.13. The van der Waals surface area contributed by atoms with Crippen LogP contribution in [0.15, 0.2) is 42.0 Å². The second kappa shape index (κ2) is 7.94. The Balaban J connectivity index is 2.32. The van der Waals surface area contributed by atoms with Crippen molar-refractivity contribution in [1.82, 2.24) is 0 Å². The standard InChI is InChI=1S/C19H17N3O4/c1-12-6-13(2)8-16(7-12)21-19(23)15(11-20)9-14-4-5-18(26-3)17(10-14)22(24)25/h4-10H,1-3H3,(H,21,23). The molecule has 0 unspecified atom stereocenters. The number of amides is 1. The van der Waals surface area contributed by atoms with E-state index in [0.717, 1.165) is 11.1 Å². The van der Waals surface area contributed by atoms with Crippen molar-refractivity contribution in [3.05, 3.63) is 68.8 Å². The molecule has 132 valence electrons. The van der Waals surface area contributed by atoms with E-state index in [4.69, 9.17) is 4.74 Å². The fourth-order valence-corrected chi connectivity index (χ4v) is 2.50. The molecule has 0 bridgehead atoms. The van der Waals surface area contributed by atoms with E-state index < -0.39 is 10.8 Å². The van der Waals surface area contributed by atoms with Crippen LogP contribution >= 0.6 is 0 Å². The molecule has 0 radical (unpaired) electrons. The quantitative estimate of drug-likeness (QED) is 0.382. The zero-order valence-electron chi connectivity index (χ0n) is 14.6. The molecule has 2 aromatic carbocycles. The molecule has 0 fully saturated rings. The smallest absolute Gasteiger partial charge is 0.311 e. The highest BCUT2D eigenvalue weighted by Crippen LogP contribution is 2.28. The number of methoxy groups -OCH3 is 1. The van der Waals surface area contributed by atoms with Gasteiger partial charge in [0.2, 0.25) is 0 Å². The molecule has 0 saturated heterocycles. The van der Waals surface area contributed by atoms with Crippen LogP contribution in [0.2, 0.25) is 0 Å². The molecule has 1 N–H and O–H groups in total. The maximum Gasteiger partial charge on any atom is 0.311 e. The molecule has 0 spiro atoms. The third-order valence-corrected chi connectivity index (χ3v) is 3.56. The Labute approximate surface area is 150 Å². The average molecular weight is 351 g/mol. The summed E-state index contributed by atoms with van der Waals surface area (Å²) in [7, 11) is 1.33. The van der Waals surface area contributed by atoms with E-state index in [0.29, 0.717) is 11.3 Å². The summed E-state index contributed by atoms with van der Waals surface area (Å²) in [5, 5.41) is 23.0. The van der Waals surface area contributed by atoms with Gasteiger partial charge in [-0.25, -0.2) is 0 Å². The number of benzene rings is 2. The van der Waals surface area contributed by atoms with Crippen LogP contribution in [0, 0.1) is 35.3 Å². The first-order valence-electron chi connectivity index (χ1n) is 7.68. The van der Waals surface area contributed by atoms with Crippen molar-refractivity contribution in [3.63, 3.8) is 0 Å². The number of nitriles is 1. The number of ether oxygens (including phenoxy) is 1. The predicted molar refractivity (Wildman–Crippen MR) is 97.8 cm³/mol. The van der Waals surface area contributed by atoms with Gasteiger partial charge in [-0.2, -0.15) is 5.26 Å². The molecular weight excluding hydrogens is 334 g/mol. The number of nitrogens with one attached hydrogen (secondary N) is 1. The van der Waals surface area contributed by atoms with E-state index in [9.17, 15) is 20.2 Å². The average Bonchev–Trinajstić information content (AvgIpc) is 2.58. The monoisotopic (exact) mass is 351 g/mol. The topological polar surface area (TPSA) is 105 Å². The summed E-state index contributed by atoms with van der Waals surface area (Å²) in [6.07, 6.45) is 1.30. The zero-order chi connectivity index (χ0) is 19.3. The van der Waals surface area contributed by atoms with E-state index in [1.54, 1.807) is 12.1 Å². The minimum atomic E-state index is -0.587. The highest BCUT2D eigenvalue weighted by atomic mass is 16.6. The van der Waals surface area contributed by atoms with Crippen molar-refractivity contribution in [2.75, 3.05) is 12.4 Å². The van der Waals surface area contributed by atoms with Crippen LogP contribution in [0.3, 0.4) is 0 Å². The summed E-state index contributed by atoms with van der Waals surface area (Å²) >= 11 is 0. The second-order valence-electron chi connectivity index (χ2n) is 5.69. The molecule has 0 atom stereocenters. The molecule has 2 rings (SSSR count). The first-order chi connectivity index (χ1) is 12.3. The Morgan fingerprint density at radius 1 is 1.23 bits per heavy atom. The summed E-state index contributed by atoms with van der Waals surface area (Å²) < 4.78 is 4.94. The van der Waals surface area contributed by atoms with Gasteiger partial charge in [0, 0.05) is 11.8 Å². The van der Waals surface area contributed by atoms with Gasteiger partial charge >= 0.3 is 5.69 Å². The summed E-state index contributed by atoms with van der Waals surface area (Å²) in [6.45, 7) is 3.81. The summed E-state index contributed by atoms with van der Waals surface area (Å²) in [5.41, 5.74) is 2.48. The third-order valence-electron chi connectivity index (χ3n) is 3.56. The minimum absolute atomic E-state index is 0.102. The molecule has 2 aromatic rings. The summed E-state index contributed by atoms with van der Waals surface area (Å²) in [5.74, 6) is -0.485. The Morgan fingerprint density at radius 3 is 2.42 bits per heavy atom. The molecule has 26 heavy (non-hydrogen) atoms. The Morgan fingerprint density at radius 2 is 1.88 bits per heavy atom. The number of carbonyl (C=O) groups excluding carboxylic acids is 1. The summed E-state index contributed by atoms with van der Waals surface area (Å²) in [6, 6.07) is 11.6. The van der Waals surface area contributed by atoms with Crippen molar-refractivity contribution >= 4 is 23.4 Å². The van der Waals surface area contributed by atoms with Gasteiger partial charge in [0.15, 0.2) is 5.75 Å². The number of nitro groups is 1. The van der Waals surface area contributed by atoms with Gasteiger partial charge < -0.3 is 10.1 Å². The molecule has 7 nitrogen and oxygen atoms in total. The predicted octanol–water partition coefficient (Wildman–Crippen LogP) is 3.77. The van der Waals surface area contributed by atoms with Crippen molar-refractivity contribution in [2.45, 2.75) is 13.8 Å². The number of carbonyl (C=O) groups is 1. The van der Waals surface area contributed by atoms with Crippen LogP contribution in [-0.2, 0) is 4.79 Å². The van der Waals surface area contributed by atoms with Crippen LogP contribution in [0.4, 0.5) is 11.4 Å². The van der Waals surface area contributed by atoms with Crippen LogP contribution in [0.25, 0.3) is 6.08 Å². The molecule has 1 amide bonds. The first kappa shape index (κ1) is 18.7. The highest BCUT2D eigenvalue weighted by Gasteiger charge is 2.16. The molecule has 0 heterocycles.